The number of rotatable bonds is 4. The fourth-order valence-electron chi connectivity index (χ4n) is 1.19. The second kappa shape index (κ2) is 4.29. The Labute approximate surface area is 96.3 Å². The molecule has 0 aliphatic rings. The molecule has 0 aliphatic heterocycles. The van der Waals surface area contributed by atoms with Gasteiger partial charge in [0.25, 0.3) is 5.08 Å². The number of imidazole rings is 1. The van der Waals surface area contributed by atoms with Gasteiger partial charge in [0, 0.05) is 0 Å². The molecule has 1 heterocycles. The monoisotopic (exact) mass is 286 g/mol. The summed E-state index contributed by atoms with van der Waals surface area (Å²) in [5.74, 6) is 0. The average molecular weight is 286 g/mol. The Kier molecular flexibility index (Phi) is 3.67. The number of nitrogens with zero attached hydrogens (tertiary/aromatic N) is 2. The lowest BCUT2D eigenvalue weighted by molar-refractivity contribution is -0.703. The van der Waals surface area contributed by atoms with Crippen molar-refractivity contribution < 1.29 is 38.4 Å². The van der Waals surface area contributed by atoms with E-state index in [1.165, 1.54) is 23.3 Å². The highest BCUT2D eigenvalue weighted by Crippen LogP contribution is 2.65. The van der Waals surface area contributed by atoms with Crippen molar-refractivity contribution in [2.45, 2.75) is 11.6 Å². The largest absolute Gasteiger partial charge is 0.776 e. The summed E-state index contributed by atoms with van der Waals surface area (Å²) in [5.41, 5.74) is 0. The molecule has 0 fully saturated rings. The maximum atomic E-state index is 11.0. The van der Waals surface area contributed by atoms with Crippen LogP contribution < -0.4 is 9.46 Å². The molecule has 0 aliphatic carbocycles. The van der Waals surface area contributed by atoms with E-state index in [2.05, 4.69) is 0 Å². The highest BCUT2D eigenvalue weighted by Gasteiger charge is 2.55. The van der Waals surface area contributed by atoms with Gasteiger partial charge in [-0.25, -0.2) is 9.13 Å². The van der Waals surface area contributed by atoms with Gasteiger partial charge in [0.1, 0.15) is 18.9 Å². The summed E-state index contributed by atoms with van der Waals surface area (Å²) in [7, 11) is -9.53. The summed E-state index contributed by atoms with van der Waals surface area (Å²) in [6.45, 7) is -0.977. The molecule has 17 heavy (non-hydrogen) atoms. The van der Waals surface area contributed by atoms with Crippen LogP contribution in [0.3, 0.4) is 0 Å². The highest BCUT2D eigenvalue weighted by atomic mass is 31.2. The SMILES string of the molecule is Cn1cc[n+](CC(O)(P(=O)([O-])O)P(=O)(O)O)c1. The molecule has 0 saturated heterocycles. The van der Waals surface area contributed by atoms with Crippen LogP contribution in [0.1, 0.15) is 0 Å². The average Bonchev–Trinajstić information content (AvgIpc) is 2.47. The molecule has 2 atom stereocenters. The van der Waals surface area contributed by atoms with Gasteiger partial charge in [-0.3, -0.25) is 4.57 Å². The van der Waals surface area contributed by atoms with E-state index in [4.69, 9.17) is 14.7 Å². The Balaban J connectivity index is 3.19. The lowest BCUT2D eigenvalue weighted by Crippen LogP contribution is -2.48. The van der Waals surface area contributed by atoms with Crippen molar-refractivity contribution in [3.8, 4) is 0 Å². The quantitative estimate of drug-likeness (QED) is 0.359. The Morgan fingerprint density at radius 2 is 1.94 bits per heavy atom. The molecule has 0 aromatic carbocycles. The number of aliphatic hydroxyl groups is 1. The van der Waals surface area contributed by atoms with Crippen LogP contribution in [0, 0.1) is 0 Å². The number of hydrogen-bond donors (Lipinski definition) is 4. The summed E-state index contributed by atoms with van der Waals surface area (Å²) in [5, 5.41) is 5.99. The molecule has 2 unspecified atom stereocenters. The van der Waals surface area contributed by atoms with Crippen molar-refractivity contribution in [3.05, 3.63) is 18.7 Å². The van der Waals surface area contributed by atoms with Crippen molar-refractivity contribution in [2.24, 2.45) is 7.05 Å². The third-order valence-corrected chi connectivity index (χ3v) is 5.80. The first-order valence-electron chi connectivity index (χ1n) is 4.30. The minimum Gasteiger partial charge on any atom is -0.776 e. The van der Waals surface area contributed by atoms with E-state index in [1.54, 1.807) is 7.05 Å². The fourth-order valence-corrected chi connectivity index (χ4v) is 3.19. The molecule has 98 valence electrons. The summed E-state index contributed by atoms with van der Waals surface area (Å²) >= 11 is 0. The number of aryl methyl sites for hydroxylation is 1. The van der Waals surface area contributed by atoms with Gasteiger partial charge in [0.05, 0.1) is 7.05 Å². The van der Waals surface area contributed by atoms with Gasteiger partial charge in [-0.2, -0.15) is 0 Å². The predicted molar refractivity (Wildman–Crippen MR) is 52.4 cm³/mol. The standard InChI is InChI=1S/C6H12N2O7P2/c1-7-2-3-8(5-7)4-6(9,16(10,11)12)17(13,14)15/h2-3,5,9H,4H2,1H3,(H3-,10,11,12,13,14,15). The molecule has 4 N–H and O–H groups in total. The van der Waals surface area contributed by atoms with Crippen molar-refractivity contribution in [2.75, 3.05) is 0 Å². The van der Waals surface area contributed by atoms with Crippen LogP contribution in [-0.4, -0.2) is 29.4 Å². The van der Waals surface area contributed by atoms with Crippen molar-refractivity contribution in [1.82, 2.24) is 4.57 Å². The van der Waals surface area contributed by atoms with E-state index >= 15 is 0 Å². The van der Waals surface area contributed by atoms with Crippen LogP contribution in [0.2, 0.25) is 0 Å². The van der Waals surface area contributed by atoms with E-state index in [1.807, 2.05) is 0 Å². The first-order chi connectivity index (χ1) is 7.47. The van der Waals surface area contributed by atoms with Gasteiger partial charge in [-0.15, -0.1) is 0 Å². The van der Waals surface area contributed by atoms with Crippen LogP contribution in [0.15, 0.2) is 18.7 Å². The molecule has 1 aromatic rings. The Morgan fingerprint density at radius 1 is 1.41 bits per heavy atom. The predicted octanol–water partition coefficient (Wildman–Crippen LogP) is -2.32. The maximum Gasteiger partial charge on any atom is 0.369 e. The van der Waals surface area contributed by atoms with E-state index in [-0.39, 0.29) is 0 Å². The summed E-state index contributed by atoms with van der Waals surface area (Å²) in [4.78, 5) is 37.4. The number of hydrogen-bond acceptors (Lipinski definition) is 4. The zero-order valence-electron chi connectivity index (χ0n) is 8.74. The molecule has 11 heteroatoms. The van der Waals surface area contributed by atoms with E-state index in [0.717, 1.165) is 4.57 Å². The van der Waals surface area contributed by atoms with E-state index < -0.39 is 26.8 Å². The second-order valence-corrected chi connectivity index (χ2v) is 7.55. The van der Waals surface area contributed by atoms with Gasteiger partial charge >= 0.3 is 7.60 Å². The molecular weight excluding hydrogens is 274 g/mol. The Morgan fingerprint density at radius 3 is 2.24 bits per heavy atom. The fraction of sp³-hybridized carbons (Fsp3) is 0.500. The first-order valence-corrected chi connectivity index (χ1v) is 7.49. The summed E-state index contributed by atoms with van der Waals surface area (Å²) in [6.07, 6.45) is 4.04. The Hall–Kier alpha value is -0.530. The third kappa shape index (κ3) is 2.83. The van der Waals surface area contributed by atoms with Crippen molar-refractivity contribution in [3.63, 3.8) is 0 Å². The van der Waals surface area contributed by atoms with Gasteiger partial charge < -0.3 is 29.2 Å². The van der Waals surface area contributed by atoms with Gasteiger partial charge in [-0.1, -0.05) is 0 Å². The molecule has 0 saturated carbocycles. The Bertz CT molecular complexity index is 478. The molecule has 0 amide bonds. The molecule has 1 rings (SSSR count). The van der Waals surface area contributed by atoms with Crippen molar-refractivity contribution >= 4 is 15.2 Å². The van der Waals surface area contributed by atoms with E-state index in [9.17, 15) is 19.1 Å². The van der Waals surface area contributed by atoms with Gasteiger partial charge in [0.2, 0.25) is 6.33 Å². The zero-order chi connectivity index (χ0) is 13.5. The molecule has 0 radical (unpaired) electrons. The highest BCUT2D eigenvalue weighted by molar-refractivity contribution is 7.71. The van der Waals surface area contributed by atoms with E-state index in [0.29, 0.717) is 0 Å². The smallest absolute Gasteiger partial charge is 0.369 e. The van der Waals surface area contributed by atoms with Crippen LogP contribution in [0.25, 0.3) is 0 Å². The van der Waals surface area contributed by atoms with Crippen LogP contribution in [0.5, 0.6) is 0 Å². The minimum absolute atomic E-state index is 0.977. The van der Waals surface area contributed by atoms with Crippen molar-refractivity contribution in [1.29, 1.82) is 0 Å². The molecular formula is C6H12N2O7P2. The van der Waals surface area contributed by atoms with Gasteiger partial charge in [0.15, 0.2) is 7.60 Å². The summed E-state index contributed by atoms with van der Waals surface area (Å²) in [6, 6.07) is 0. The maximum absolute atomic E-state index is 11.0. The lowest BCUT2D eigenvalue weighted by atomic mass is 10.6. The minimum atomic E-state index is -5.65. The zero-order valence-corrected chi connectivity index (χ0v) is 10.5. The summed E-state index contributed by atoms with van der Waals surface area (Å²) < 4.78 is 24.4. The first kappa shape index (κ1) is 14.5. The topological polar surface area (TPSA) is 147 Å². The molecule has 9 nitrogen and oxygen atoms in total. The second-order valence-electron chi connectivity index (χ2n) is 3.59. The number of aromatic nitrogens is 2. The molecule has 0 bridgehead atoms. The third-order valence-electron chi connectivity index (χ3n) is 2.14. The van der Waals surface area contributed by atoms with Crippen LogP contribution in [0.4, 0.5) is 0 Å². The van der Waals surface area contributed by atoms with Crippen LogP contribution >= 0.6 is 15.2 Å². The molecule has 1 aromatic heterocycles. The molecule has 0 spiro atoms. The lowest BCUT2D eigenvalue weighted by Gasteiger charge is -2.34. The van der Waals surface area contributed by atoms with Crippen LogP contribution in [-0.2, 0) is 22.7 Å². The van der Waals surface area contributed by atoms with Gasteiger partial charge in [-0.05, 0) is 0 Å². The normalized spacial score (nSPS) is 19.6.